The highest BCUT2D eigenvalue weighted by atomic mass is 32.2. The molecule has 0 saturated carbocycles. The van der Waals surface area contributed by atoms with Crippen LogP contribution in [0.4, 0.5) is 0 Å². The number of aryl methyl sites for hydroxylation is 2. The third kappa shape index (κ3) is 4.46. The zero-order valence-electron chi connectivity index (χ0n) is 17.1. The zero-order valence-corrected chi connectivity index (χ0v) is 17.9. The maximum Gasteiger partial charge on any atom is 0.233 e. The summed E-state index contributed by atoms with van der Waals surface area (Å²) in [6.07, 6.45) is 1.80. The summed E-state index contributed by atoms with van der Waals surface area (Å²) in [5.74, 6) is 2.31. The molecule has 0 radical (unpaired) electrons. The summed E-state index contributed by atoms with van der Waals surface area (Å²) in [7, 11) is 3.25. The number of carbonyl (C=O) groups excluding carboxylic acids is 1. The standard InChI is InChI=1S/C21H24N4O3S/c1-13-17(11-22)21(24-14(2)23-13)29-12-20(26)25-9-5-6-18(25)16-10-15(27-3)7-8-19(16)28-4/h7-8,10,18H,5-6,9,12H2,1-4H3. The average molecular weight is 413 g/mol. The number of ether oxygens (including phenoxy) is 2. The number of hydrogen-bond acceptors (Lipinski definition) is 7. The summed E-state index contributed by atoms with van der Waals surface area (Å²) in [5, 5.41) is 9.96. The van der Waals surface area contributed by atoms with Gasteiger partial charge >= 0.3 is 0 Å². The van der Waals surface area contributed by atoms with Gasteiger partial charge in [-0.25, -0.2) is 9.97 Å². The highest BCUT2D eigenvalue weighted by molar-refractivity contribution is 8.00. The number of likely N-dealkylation sites (tertiary alicyclic amines) is 1. The third-order valence-electron chi connectivity index (χ3n) is 4.98. The lowest BCUT2D eigenvalue weighted by Crippen LogP contribution is -2.32. The number of hydrogen-bond donors (Lipinski definition) is 0. The molecule has 1 aromatic heterocycles. The van der Waals surface area contributed by atoms with E-state index in [-0.39, 0.29) is 17.7 Å². The molecular weight excluding hydrogens is 388 g/mol. The van der Waals surface area contributed by atoms with Crippen LogP contribution in [0.3, 0.4) is 0 Å². The second-order valence-electron chi connectivity index (χ2n) is 6.79. The van der Waals surface area contributed by atoms with E-state index in [2.05, 4.69) is 16.0 Å². The molecule has 8 heteroatoms. The smallest absolute Gasteiger partial charge is 0.233 e. The summed E-state index contributed by atoms with van der Waals surface area (Å²) < 4.78 is 10.9. The fourth-order valence-electron chi connectivity index (χ4n) is 3.62. The van der Waals surface area contributed by atoms with Crippen molar-refractivity contribution < 1.29 is 14.3 Å². The summed E-state index contributed by atoms with van der Waals surface area (Å²) in [5.41, 5.74) is 2.02. The number of nitrogens with zero attached hydrogens (tertiary/aromatic N) is 4. The van der Waals surface area contributed by atoms with Crippen molar-refractivity contribution in [2.24, 2.45) is 0 Å². The molecule has 1 unspecified atom stereocenters. The Hall–Kier alpha value is -2.79. The molecular formula is C21H24N4O3S. The van der Waals surface area contributed by atoms with Gasteiger partial charge < -0.3 is 14.4 Å². The van der Waals surface area contributed by atoms with Crippen molar-refractivity contribution in [1.82, 2.24) is 14.9 Å². The first-order chi connectivity index (χ1) is 14.0. The second-order valence-corrected chi connectivity index (χ2v) is 7.75. The molecule has 0 aliphatic carbocycles. The Bertz CT molecular complexity index is 958. The normalized spacial score (nSPS) is 15.8. The topological polar surface area (TPSA) is 88.3 Å². The van der Waals surface area contributed by atoms with Crippen LogP contribution >= 0.6 is 11.8 Å². The fourth-order valence-corrected chi connectivity index (χ4v) is 4.58. The Labute approximate surface area is 175 Å². The van der Waals surface area contributed by atoms with E-state index in [9.17, 15) is 10.1 Å². The monoisotopic (exact) mass is 412 g/mol. The lowest BCUT2D eigenvalue weighted by atomic mass is 10.0. The quantitative estimate of drug-likeness (QED) is 0.530. The van der Waals surface area contributed by atoms with Crippen LogP contribution in [0, 0.1) is 25.2 Å². The van der Waals surface area contributed by atoms with Crippen LogP contribution in [0.2, 0.25) is 0 Å². The van der Waals surface area contributed by atoms with Crippen LogP contribution in [0.15, 0.2) is 23.2 Å². The summed E-state index contributed by atoms with van der Waals surface area (Å²) in [6, 6.07) is 7.75. The van der Waals surface area contributed by atoms with Gasteiger partial charge in [0.15, 0.2) is 0 Å². The number of thioether (sulfide) groups is 1. The van der Waals surface area contributed by atoms with Crippen molar-refractivity contribution in [3.05, 3.63) is 40.8 Å². The Morgan fingerprint density at radius 2 is 2.10 bits per heavy atom. The minimum Gasteiger partial charge on any atom is -0.497 e. The maximum absolute atomic E-state index is 13.0. The third-order valence-corrected chi connectivity index (χ3v) is 5.94. The summed E-state index contributed by atoms with van der Waals surface area (Å²) in [6.45, 7) is 4.26. The Balaban J connectivity index is 1.79. The van der Waals surface area contributed by atoms with E-state index in [4.69, 9.17) is 9.47 Å². The molecule has 2 heterocycles. The number of nitriles is 1. The van der Waals surface area contributed by atoms with Gasteiger partial charge in [-0.3, -0.25) is 4.79 Å². The molecule has 1 saturated heterocycles. The SMILES string of the molecule is COc1ccc(OC)c(C2CCCN2C(=O)CSc2nc(C)nc(C)c2C#N)c1. The minimum atomic E-state index is -0.0579. The number of amides is 1. The fraction of sp³-hybridized carbons (Fsp3) is 0.429. The Morgan fingerprint density at radius 3 is 2.79 bits per heavy atom. The van der Waals surface area contributed by atoms with Gasteiger partial charge in [-0.05, 0) is 44.9 Å². The minimum absolute atomic E-state index is 0.0141. The van der Waals surface area contributed by atoms with E-state index >= 15 is 0 Å². The van der Waals surface area contributed by atoms with Gasteiger partial charge in [0.25, 0.3) is 0 Å². The van der Waals surface area contributed by atoms with Gasteiger partial charge in [-0.15, -0.1) is 0 Å². The van der Waals surface area contributed by atoms with Crippen molar-refractivity contribution >= 4 is 17.7 Å². The number of aromatic nitrogens is 2. The maximum atomic E-state index is 13.0. The van der Waals surface area contributed by atoms with Gasteiger partial charge in [0.05, 0.1) is 31.7 Å². The molecule has 1 aliphatic rings. The van der Waals surface area contributed by atoms with Crippen molar-refractivity contribution in [2.45, 2.75) is 37.8 Å². The van der Waals surface area contributed by atoms with E-state index < -0.39 is 0 Å². The first kappa shape index (κ1) is 20.9. The van der Waals surface area contributed by atoms with E-state index in [0.29, 0.717) is 28.7 Å². The average Bonchev–Trinajstić information content (AvgIpc) is 3.21. The molecule has 1 atom stereocenters. The molecule has 1 fully saturated rings. The lowest BCUT2D eigenvalue weighted by molar-refractivity contribution is -0.129. The molecule has 0 bridgehead atoms. The van der Waals surface area contributed by atoms with E-state index in [1.807, 2.05) is 23.1 Å². The van der Waals surface area contributed by atoms with Crippen LogP contribution in [-0.4, -0.2) is 47.3 Å². The summed E-state index contributed by atoms with van der Waals surface area (Å²) >= 11 is 1.29. The molecule has 3 rings (SSSR count). The van der Waals surface area contributed by atoms with Gasteiger partial charge in [0.2, 0.25) is 5.91 Å². The first-order valence-corrected chi connectivity index (χ1v) is 10.4. The predicted octanol–water partition coefficient (Wildman–Crippen LogP) is 3.44. The van der Waals surface area contributed by atoms with Gasteiger partial charge in [0.1, 0.15) is 34.0 Å². The number of methoxy groups -OCH3 is 2. The van der Waals surface area contributed by atoms with E-state index in [1.54, 1.807) is 28.1 Å². The van der Waals surface area contributed by atoms with Gasteiger partial charge in [0, 0.05) is 12.1 Å². The van der Waals surface area contributed by atoms with Gasteiger partial charge in [-0.1, -0.05) is 11.8 Å². The molecule has 0 spiro atoms. The van der Waals surface area contributed by atoms with Crippen molar-refractivity contribution in [3.8, 4) is 17.6 Å². The molecule has 0 N–H and O–H groups in total. The lowest BCUT2D eigenvalue weighted by Gasteiger charge is -2.26. The van der Waals surface area contributed by atoms with Crippen LogP contribution < -0.4 is 9.47 Å². The number of rotatable bonds is 6. The Kier molecular flexibility index (Phi) is 6.60. The predicted molar refractivity (Wildman–Crippen MR) is 110 cm³/mol. The van der Waals surface area contributed by atoms with Crippen LogP contribution in [0.5, 0.6) is 11.5 Å². The zero-order chi connectivity index (χ0) is 21.0. The van der Waals surface area contributed by atoms with Crippen LogP contribution in [0.25, 0.3) is 0 Å². The molecule has 7 nitrogen and oxygen atoms in total. The van der Waals surface area contributed by atoms with E-state index in [0.717, 1.165) is 29.9 Å². The Morgan fingerprint density at radius 1 is 1.31 bits per heavy atom. The second kappa shape index (κ2) is 9.14. The van der Waals surface area contributed by atoms with Crippen LogP contribution in [0.1, 0.15) is 41.5 Å². The highest BCUT2D eigenvalue weighted by Gasteiger charge is 2.32. The molecule has 29 heavy (non-hydrogen) atoms. The highest BCUT2D eigenvalue weighted by Crippen LogP contribution is 2.39. The molecule has 2 aromatic rings. The van der Waals surface area contributed by atoms with E-state index in [1.165, 1.54) is 11.8 Å². The largest absolute Gasteiger partial charge is 0.497 e. The van der Waals surface area contributed by atoms with Gasteiger partial charge in [-0.2, -0.15) is 5.26 Å². The van der Waals surface area contributed by atoms with Crippen molar-refractivity contribution in [3.63, 3.8) is 0 Å². The molecule has 152 valence electrons. The van der Waals surface area contributed by atoms with Crippen LogP contribution in [-0.2, 0) is 4.79 Å². The van der Waals surface area contributed by atoms with Crippen molar-refractivity contribution in [1.29, 1.82) is 5.26 Å². The number of benzene rings is 1. The number of carbonyl (C=O) groups is 1. The molecule has 1 aliphatic heterocycles. The summed E-state index contributed by atoms with van der Waals surface area (Å²) in [4.78, 5) is 23.5. The van der Waals surface area contributed by atoms with Crippen molar-refractivity contribution in [2.75, 3.05) is 26.5 Å². The molecule has 1 amide bonds. The molecule has 1 aromatic carbocycles. The first-order valence-electron chi connectivity index (χ1n) is 9.38.